The maximum Gasteiger partial charge on any atom is -0.00488 e. The summed E-state index contributed by atoms with van der Waals surface area (Å²) in [5.41, 5.74) is 5.44. The molecule has 0 rings (SSSR count). The van der Waals surface area contributed by atoms with Crippen molar-refractivity contribution in [3.63, 3.8) is 0 Å². The third kappa shape index (κ3) is 13.7. The van der Waals surface area contributed by atoms with Crippen molar-refractivity contribution in [3.05, 3.63) is 12.2 Å². The first-order valence-corrected chi connectivity index (χ1v) is 6.97. The van der Waals surface area contributed by atoms with E-state index in [4.69, 9.17) is 5.73 Å². The van der Waals surface area contributed by atoms with E-state index < -0.39 is 0 Å². The van der Waals surface area contributed by atoms with Gasteiger partial charge in [-0.1, -0.05) is 31.9 Å². The summed E-state index contributed by atoms with van der Waals surface area (Å²) in [6.07, 6.45) is 14.7. The van der Waals surface area contributed by atoms with Gasteiger partial charge in [0.1, 0.15) is 0 Å². The second kappa shape index (κ2) is 14.7. The maximum absolute atomic E-state index is 5.44. The van der Waals surface area contributed by atoms with E-state index in [1.165, 1.54) is 64.5 Å². The number of nitrogens with two attached hydrogens (primary N) is 1. The molecular formula is C14H30N2. The van der Waals surface area contributed by atoms with Crippen LogP contribution in [0.2, 0.25) is 0 Å². The monoisotopic (exact) mass is 226 g/mol. The smallest absolute Gasteiger partial charge is 0.00488 e. The molecule has 0 aliphatic heterocycles. The summed E-state index contributed by atoms with van der Waals surface area (Å²) in [6.45, 7) is 5.38. The molecule has 0 spiro atoms. The lowest BCUT2D eigenvalue weighted by Gasteiger charge is -2.03. The summed E-state index contributed by atoms with van der Waals surface area (Å²) in [4.78, 5) is 0. The zero-order chi connectivity index (χ0) is 11.9. The van der Waals surface area contributed by atoms with Crippen LogP contribution >= 0.6 is 0 Å². The van der Waals surface area contributed by atoms with Gasteiger partial charge < -0.3 is 11.1 Å². The Kier molecular flexibility index (Phi) is 14.3. The van der Waals surface area contributed by atoms with Crippen LogP contribution in [0.3, 0.4) is 0 Å². The van der Waals surface area contributed by atoms with Gasteiger partial charge in [0.25, 0.3) is 0 Å². The molecule has 0 aromatic carbocycles. The van der Waals surface area contributed by atoms with Crippen LogP contribution < -0.4 is 11.1 Å². The minimum atomic E-state index is 0.846. The van der Waals surface area contributed by atoms with Crippen LogP contribution in [0.5, 0.6) is 0 Å². The second-order valence-electron chi connectivity index (χ2n) is 4.33. The Hall–Kier alpha value is -0.340. The Morgan fingerprint density at radius 3 is 2.25 bits per heavy atom. The van der Waals surface area contributed by atoms with Crippen molar-refractivity contribution in [2.24, 2.45) is 5.73 Å². The summed E-state index contributed by atoms with van der Waals surface area (Å²) in [6, 6.07) is 0. The van der Waals surface area contributed by atoms with Crippen LogP contribution in [-0.4, -0.2) is 19.6 Å². The molecule has 0 atom stereocenters. The fourth-order valence-electron chi connectivity index (χ4n) is 1.67. The lowest BCUT2D eigenvalue weighted by atomic mass is 10.2. The molecule has 0 radical (unpaired) electrons. The Morgan fingerprint density at radius 2 is 1.56 bits per heavy atom. The first kappa shape index (κ1) is 15.7. The third-order valence-electron chi connectivity index (χ3n) is 2.68. The number of hydrogen-bond acceptors (Lipinski definition) is 2. The lowest BCUT2D eigenvalue weighted by Crippen LogP contribution is -2.16. The van der Waals surface area contributed by atoms with E-state index in [0.29, 0.717) is 0 Å². The highest BCUT2D eigenvalue weighted by Crippen LogP contribution is 1.98. The standard InChI is InChI=1S/C14H30N2/c1-2-3-4-5-7-10-13-16-14-11-8-6-9-12-15/h3-4,16H,2,5-15H2,1H3/b4-3+. The van der Waals surface area contributed by atoms with Gasteiger partial charge in [-0.15, -0.1) is 0 Å². The Balaban J connectivity index is 2.90. The van der Waals surface area contributed by atoms with Gasteiger partial charge in [-0.3, -0.25) is 0 Å². The molecule has 0 aromatic heterocycles. The van der Waals surface area contributed by atoms with Crippen molar-refractivity contribution in [3.8, 4) is 0 Å². The van der Waals surface area contributed by atoms with E-state index in [1.54, 1.807) is 0 Å². The van der Waals surface area contributed by atoms with E-state index in [9.17, 15) is 0 Å². The van der Waals surface area contributed by atoms with Gasteiger partial charge in [0.05, 0.1) is 0 Å². The zero-order valence-corrected chi connectivity index (χ0v) is 11.0. The van der Waals surface area contributed by atoms with Gasteiger partial charge in [0.2, 0.25) is 0 Å². The summed E-state index contributed by atoms with van der Waals surface area (Å²) < 4.78 is 0. The van der Waals surface area contributed by atoms with Crippen molar-refractivity contribution < 1.29 is 0 Å². The second-order valence-corrected chi connectivity index (χ2v) is 4.33. The average molecular weight is 226 g/mol. The van der Waals surface area contributed by atoms with E-state index in [2.05, 4.69) is 24.4 Å². The molecule has 0 aromatic rings. The van der Waals surface area contributed by atoms with Gasteiger partial charge in [0.15, 0.2) is 0 Å². The van der Waals surface area contributed by atoms with Crippen LogP contribution in [0.15, 0.2) is 12.2 Å². The molecule has 2 nitrogen and oxygen atoms in total. The minimum absolute atomic E-state index is 0.846. The fourth-order valence-corrected chi connectivity index (χ4v) is 1.67. The lowest BCUT2D eigenvalue weighted by molar-refractivity contribution is 0.572. The Bertz CT molecular complexity index is 144. The van der Waals surface area contributed by atoms with E-state index in [0.717, 1.165) is 6.54 Å². The molecule has 2 heteroatoms. The highest BCUT2D eigenvalue weighted by Gasteiger charge is 1.90. The molecule has 0 fully saturated rings. The average Bonchev–Trinajstić information content (AvgIpc) is 2.31. The molecular weight excluding hydrogens is 196 g/mol. The molecule has 0 aliphatic carbocycles. The van der Waals surface area contributed by atoms with Gasteiger partial charge in [0, 0.05) is 0 Å². The number of unbranched alkanes of at least 4 members (excludes halogenated alkanes) is 5. The van der Waals surface area contributed by atoms with E-state index in [1.807, 2.05) is 0 Å². The maximum atomic E-state index is 5.44. The molecule has 0 unspecified atom stereocenters. The first-order chi connectivity index (χ1) is 7.91. The van der Waals surface area contributed by atoms with Crippen LogP contribution in [-0.2, 0) is 0 Å². The van der Waals surface area contributed by atoms with E-state index >= 15 is 0 Å². The summed E-state index contributed by atoms with van der Waals surface area (Å²) in [5.74, 6) is 0. The van der Waals surface area contributed by atoms with Crippen molar-refractivity contribution in [2.75, 3.05) is 19.6 Å². The highest BCUT2D eigenvalue weighted by molar-refractivity contribution is 4.79. The number of allylic oxidation sites excluding steroid dienone is 2. The molecule has 0 aliphatic rings. The minimum Gasteiger partial charge on any atom is -0.330 e. The number of nitrogens with one attached hydrogen (secondary N) is 1. The fraction of sp³-hybridized carbons (Fsp3) is 0.857. The van der Waals surface area contributed by atoms with Crippen LogP contribution in [0, 0.1) is 0 Å². The Morgan fingerprint density at radius 1 is 0.875 bits per heavy atom. The van der Waals surface area contributed by atoms with Crippen molar-refractivity contribution >= 4 is 0 Å². The van der Waals surface area contributed by atoms with Crippen molar-refractivity contribution in [1.29, 1.82) is 0 Å². The Labute approximate surface area is 102 Å². The first-order valence-electron chi connectivity index (χ1n) is 6.97. The molecule has 3 N–H and O–H groups in total. The predicted molar refractivity (Wildman–Crippen MR) is 73.7 cm³/mol. The van der Waals surface area contributed by atoms with Crippen LogP contribution in [0.1, 0.15) is 58.3 Å². The molecule has 0 saturated heterocycles. The van der Waals surface area contributed by atoms with Gasteiger partial charge in [-0.2, -0.15) is 0 Å². The number of hydrogen-bond donors (Lipinski definition) is 2. The molecule has 96 valence electrons. The predicted octanol–water partition coefficient (Wildman–Crippen LogP) is 3.23. The molecule has 0 amide bonds. The topological polar surface area (TPSA) is 38.0 Å². The molecule has 0 bridgehead atoms. The SMILES string of the molecule is CC/C=C/CCCCNCCCCCCN. The van der Waals surface area contributed by atoms with Crippen LogP contribution in [0.4, 0.5) is 0 Å². The molecule has 0 saturated carbocycles. The largest absolute Gasteiger partial charge is 0.330 e. The van der Waals surface area contributed by atoms with Gasteiger partial charge in [-0.25, -0.2) is 0 Å². The normalized spacial score (nSPS) is 11.4. The molecule has 0 heterocycles. The summed E-state index contributed by atoms with van der Waals surface area (Å²) in [5, 5.41) is 3.50. The zero-order valence-electron chi connectivity index (χ0n) is 11.0. The summed E-state index contributed by atoms with van der Waals surface area (Å²) >= 11 is 0. The van der Waals surface area contributed by atoms with Crippen molar-refractivity contribution in [1.82, 2.24) is 5.32 Å². The molecule has 16 heavy (non-hydrogen) atoms. The highest BCUT2D eigenvalue weighted by atomic mass is 14.8. The van der Waals surface area contributed by atoms with E-state index in [-0.39, 0.29) is 0 Å². The summed E-state index contributed by atoms with van der Waals surface area (Å²) in [7, 11) is 0. The van der Waals surface area contributed by atoms with Crippen molar-refractivity contribution in [2.45, 2.75) is 58.3 Å². The third-order valence-corrected chi connectivity index (χ3v) is 2.68. The quantitative estimate of drug-likeness (QED) is 0.396. The number of rotatable bonds is 12. The van der Waals surface area contributed by atoms with Gasteiger partial charge >= 0.3 is 0 Å². The van der Waals surface area contributed by atoms with Gasteiger partial charge in [-0.05, 0) is 58.2 Å². The van der Waals surface area contributed by atoms with Crippen LogP contribution in [0.25, 0.3) is 0 Å².